The van der Waals surface area contributed by atoms with Gasteiger partial charge in [0.25, 0.3) is 5.91 Å². The average Bonchev–Trinajstić information content (AvgIpc) is 3.09. The molecule has 1 aliphatic heterocycles. The molecular formula is C13H15N3O3. The fraction of sp³-hybridized carbons (Fsp3) is 0.385. The summed E-state index contributed by atoms with van der Waals surface area (Å²) in [6.45, 7) is 4.30. The minimum atomic E-state index is -0.101. The van der Waals surface area contributed by atoms with Crippen molar-refractivity contribution in [2.75, 3.05) is 19.6 Å². The first-order chi connectivity index (χ1) is 9.25. The molecule has 0 spiro atoms. The Morgan fingerprint density at radius 3 is 3.16 bits per heavy atom. The molecule has 0 unspecified atom stereocenters. The Bertz CT molecular complexity index is 561. The molecular weight excluding hydrogens is 246 g/mol. The van der Waals surface area contributed by atoms with Gasteiger partial charge in [-0.25, -0.2) is 0 Å². The maximum atomic E-state index is 12.3. The highest BCUT2D eigenvalue weighted by Crippen LogP contribution is 2.21. The number of nitrogens with zero attached hydrogens (tertiary/aromatic N) is 2. The van der Waals surface area contributed by atoms with E-state index in [-0.39, 0.29) is 11.9 Å². The molecule has 0 bridgehead atoms. The lowest BCUT2D eigenvalue weighted by molar-refractivity contribution is 0.0645. The van der Waals surface area contributed by atoms with Gasteiger partial charge in [0, 0.05) is 31.7 Å². The number of amides is 1. The number of carbonyl (C=O) groups excluding carboxylic acids is 1. The van der Waals surface area contributed by atoms with Crippen molar-refractivity contribution in [3.63, 3.8) is 0 Å². The lowest BCUT2D eigenvalue weighted by atomic mass is 10.2. The Morgan fingerprint density at radius 2 is 2.42 bits per heavy atom. The van der Waals surface area contributed by atoms with Crippen molar-refractivity contribution in [3.8, 4) is 11.5 Å². The van der Waals surface area contributed by atoms with Gasteiger partial charge in [0.05, 0.1) is 6.26 Å². The van der Waals surface area contributed by atoms with Gasteiger partial charge in [-0.3, -0.25) is 4.79 Å². The predicted molar refractivity (Wildman–Crippen MR) is 67.6 cm³/mol. The molecule has 3 heterocycles. The Morgan fingerprint density at radius 1 is 1.53 bits per heavy atom. The second-order valence-electron chi connectivity index (χ2n) is 4.61. The van der Waals surface area contributed by atoms with E-state index in [2.05, 4.69) is 10.5 Å². The van der Waals surface area contributed by atoms with Gasteiger partial charge in [-0.05, 0) is 19.1 Å². The van der Waals surface area contributed by atoms with Crippen molar-refractivity contribution in [2.45, 2.75) is 13.0 Å². The number of hydrogen-bond donors (Lipinski definition) is 1. The van der Waals surface area contributed by atoms with Crippen molar-refractivity contribution < 1.29 is 13.7 Å². The largest absolute Gasteiger partial charge is 0.461 e. The van der Waals surface area contributed by atoms with E-state index in [1.54, 1.807) is 29.4 Å². The van der Waals surface area contributed by atoms with Crippen LogP contribution >= 0.6 is 0 Å². The summed E-state index contributed by atoms with van der Waals surface area (Å²) in [4.78, 5) is 14.1. The fourth-order valence-corrected chi connectivity index (χ4v) is 2.20. The normalized spacial score (nSPS) is 19.6. The first-order valence-electron chi connectivity index (χ1n) is 6.28. The molecule has 1 fully saturated rings. The van der Waals surface area contributed by atoms with Crippen molar-refractivity contribution in [1.29, 1.82) is 0 Å². The SMILES string of the molecule is C[C@@H]1CNCCN1C(=O)c1cc(-c2ccco2)on1. The molecule has 0 aromatic carbocycles. The van der Waals surface area contributed by atoms with Crippen molar-refractivity contribution in [3.05, 3.63) is 30.2 Å². The second kappa shape index (κ2) is 4.89. The van der Waals surface area contributed by atoms with Crippen LogP contribution in [0.3, 0.4) is 0 Å². The summed E-state index contributed by atoms with van der Waals surface area (Å²) < 4.78 is 10.4. The zero-order chi connectivity index (χ0) is 13.2. The van der Waals surface area contributed by atoms with Gasteiger partial charge in [0.15, 0.2) is 11.5 Å². The summed E-state index contributed by atoms with van der Waals surface area (Å²) in [5, 5.41) is 7.08. The van der Waals surface area contributed by atoms with Crippen LogP contribution in [0.25, 0.3) is 11.5 Å². The molecule has 0 saturated carbocycles. The molecule has 3 rings (SSSR count). The zero-order valence-electron chi connectivity index (χ0n) is 10.6. The average molecular weight is 261 g/mol. The summed E-state index contributed by atoms with van der Waals surface area (Å²) in [6, 6.07) is 5.31. The molecule has 1 aliphatic rings. The third kappa shape index (κ3) is 2.26. The van der Waals surface area contributed by atoms with Crippen molar-refractivity contribution >= 4 is 5.91 Å². The van der Waals surface area contributed by atoms with Crippen molar-refractivity contribution in [2.24, 2.45) is 0 Å². The molecule has 0 aliphatic carbocycles. The van der Waals surface area contributed by atoms with Gasteiger partial charge in [-0.1, -0.05) is 5.16 Å². The Hall–Kier alpha value is -2.08. The number of aromatic nitrogens is 1. The van der Waals surface area contributed by atoms with Gasteiger partial charge in [0.2, 0.25) is 5.76 Å². The molecule has 2 aromatic heterocycles. The van der Waals surface area contributed by atoms with Gasteiger partial charge in [0.1, 0.15) is 0 Å². The number of piperazine rings is 1. The van der Waals surface area contributed by atoms with Gasteiger partial charge in [-0.15, -0.1) is 0 Å². The van der Waals surface area contributed by atoms with E-state index in [9.17, 15) is 4.79 Å². The van der Waals surface area contributed by atoms with E-state index in [0.29, 0.717) is 23.8 Å². The molecule has 6 nitrogen and oxygen atoms in total. The van der Waals surface area contributed by atoms with Crippen LogP contribution in [0.1, 0.15) is 17.4 Å². The predicted octanol–water partition coefficient (Wildman–Crippen LogP) is 1.37. The molecule has 19 heavy (non-hydrogen) atoms. The maximum absolute atomic E-state index is 12.3. The standard InChI is InChI=1S/C13H15N3O3/c1-9-8-14-4-5-16(9)13(17)10-7-12(19-15-10)11-3-2-6-18-11/h2-3,6-7,9,14H,4-5,8H2,1H3/t9-/m1/s1. The highest BCUT2D eigenvalue weighted by Gasteiger charge is 2.26. The second-order valence-corrected chi connectivity index (χ2v) is 4.61. The highest BCUT2D eigenvalue weighted by molar-refractivity contribution is 5.93. The fourth-order valence-electron chi connectivity index (χ4n) is 2.20. The maximum Gasteiger partial charge on any atom is 0.276 e. The first kappa shape index (κ1) is 12.0. The lowest BCUT2D eigenvalue weighted by Gasteiger charge is -2.33. The number of carbonyl (C=O) groups is 1. The molecule has 1 amide bonds. The Kier molecular flexibility index (Phi) is 3.08. The van der Waals surface area contributed by atoms with Crippen LogP contribution in [0.5, 0.6) is 0 Å². The third-order valence-electron chi connectivity index (χ3n) is 3.26. The molecule has 1 atom stereocenters. The van der Waals surface area contributed by atoms with Gasteiger partial charge >= 0.3 is 0 Å². The summed E-state index contributed by atoms with van der Waals surface area (Å²) in [5.41, 5.74) is 0.320. The monoisotopic (exact) mass is 261 g/mol. The smallest absolute Gasteiger partial charge is 0.276 e. The quantitative estimate of drug-likeness (QED) is 0.884. The summed E-state index contributed by atoms with van der Waals surface area (Å²) in [6.07, 6.45) is 1.55. The summed E-state index contributed by atoms with van der Waals surface area (Å²) >= 11 is 0. The third-order valence-corrected chi connectivity index (χ3v) is 3.26. The van der Waals surface area contributed by atoms with E-state index in [1.165, 1.54) is 0 Å². The van der Waals surface area contributed by atoms with Crippen LogP contribution in [0.4, 0.5) is 0 Å². The zero-order valence-corrected chi connectivity index (χ0v) is 10.6. The highest BCUT2D eigenvalue weighted by atomic mass is 16.5. The number of hydrogen-bond acceptors (Lipinski definition) is 5. The minimum Gasteiger partial charge on any atom is -0.461 e. The van der Waals surface area contributed by atoms with Crippen LogP contribution in [0.2, 0.25) is 0 Å². The minimum absolute atomic E-state index is 0.101. The van der Waals surface area contributed by atoms with E-state index in [4.69, 9.17) is 8.94 Å². The van der Waals surface area contributed by atoms with Crippen molar-refractivity contribution in [1.82, 2.24) is 15.4 Å². The molecule has 2 aromatic rings. The van der Waals surface area contributed by atoms with Gasteiger partial charge in [-0.2, -0.15) is 0 Å². The van der Waals surface area contributed by atoms with Crippen LogP contribution < -0.4 is 5.32 Å². The van der Waals surface area contributed by atoms with E-state index >= 15 is 0 Å². The van der Waals surface area contributed by atoms with Gasteiger partial charge < -0.3 is 19.2 Å². The lowest BCUT2D eigenvalue weighted by Crippen LogP contribution is -2.52. The number of rotatable bonds is 2. The van der Waals surface area contributed by atoms with Crippen LogP contribution in [-0.2, 0) is 0 Å². The molecule has 1 N–H and O–H groups in total. The van der Waals surface area contributed by atoms with Crippen LogP contribution in [-0.4, -0.2) is 41.6 Å². The topological polar surface area (TPSA) is 71.5 Å². The Labute approximate surface area is 110 Å². The Balaban J connectivity index is 1.80. The molecule has 100 valence electrons. The number of furan rings is 1. The van der Waals surface area contributed by atoms with Crippen LogP contribution in [0.15, 0.2) is 33.4 Å². The molecule has 0 radical (unpaired) electrons. The summed E-state index contributed by atoms with van der Waals surface area (Å²) in [5.74, 6) is 0.937. The van der Waals surface area contributed by atoms with Crippen LogP contribution in [0, 0.1) is 0 Å². The van der Waals surface area contributed by atoms with E-state index in [1.807, 2.05) is 6.92 Å². The van der Waals surface area contributed by atoms with E-state index in [0.717, 1.165) is 13.1 Å². The summed E-state index contributed by atoms with van der Waals surface area (Å²) in [7, 11) is 0. The molecule has 1 saturated heterocycles. The first-order valence-corrected chi connectivity index (χ1v) is 6.28. The number of nitrogens with one attached hydrogen (secondary N) is 1. The van der Waals surface area contributed by atoms with E-state index < -0.39 is 0 Å². The molecule has 6 heteroatoms.